The molecule has 2 heterocycles. The van der Waals surface area contributed by atoms with Gasteiger partial charge in [0.25, 0.3) is 0 Å². The van der Waals surface area contributed by atoms with Gasteiger partial charge >= 0.3 is 0 Å². The second kappa shape index (κ2) is 7.07. The van der Waals surface area contributed by atoms with Gasteiger partial charge in [0.1, 0.15) is 0 Å². The summed E-state index contributed by atoms with van der Waals surface area (Å²) < 4.78 is 22.3. The van der Waals surface area contributed by atoms with Crippen molar-refractivity contribution in [3.63, 3.8) is 0 Å². The van der Waals surface area contributed by atoms with E-state index in [1.54, 1.807) is 0 Å². The monoisotopic (exact) mass is 317 g/mol. The van der Waals surface area contributed by atoms with Crippen LogP contribution in [0.15, 0.2) is 0 Å². The van der Waals surface area contributed by atoms with Gasteiger partial charge < -0.3 is 9.80 Å². The molecule has 0 aromatic heterocycles. The molecule has 0 saturated carbocycles. The maximum Gasteiger partial charge on any atom is 0.222 e. The summed E-state index contributed by atoms with van der Waals surface area (Å²) in [7, 11) is -3.49. The molecule has 2 rings (SSSR count). The smallest absolute Gasteiger partial charge is 0.222 e. The molecule has 122 valence electrons. The molecule has 2 N–H and O–H groups in total. The summed E-state index contributed by atoms with van der Waals surface area (Å²) in [4.78, 5) is 16.3. The van der Waals surface area contributed by atoms with Crippen molar-refractivity contribution in [1.29, 1.82) is 0 Å². The van der Waals surface area contributed by atoms with Gasteiger partial charge in [0, 0.05) is 25.4 Å². The van der Waals surface area contributed by atoms with Crippen LogP contribution in [0.1, 0.15) is 32.6 Å². The third kappa shape index (κ3) is 5.23. The van der Waals surface area contributed by atoms with Crippen LogP contribution in [0.3, 0.4) is 0 Å². The molecule has 0 spiro atoms. The lowest BCUT2D eigenvalue weighted by atomic mass is 9.96. The van der Waals surface area contributed by atoms with Crippen molar-refractivity contribution >= 4 is 15.9 Å². The summed E-state index contributed by atoms with van der Waals surface area (Å²) in [5.41, 5.74) is 0. The Labute approximate surface area is 127 Å². The normalized spacial score (nSPS) is 25.7. The standard InChI is InChI=1S/C14H27N3O3S/c1-2-5-16-6-3-12(4-7-16)9-17-10-13(8-14(17)18)11-21(15,19)20/h12-13H,2-11H2,1H3,(H2,15,19,20). The summed E-state index contributed by atoms with van der Waals surface area (Å²) in [6.07, 6.45) is 3.77. The van der Waals surface area contributed by atoms with Gasteiger partial charge in [-0.2, -0.15) is 0 Å². The Morgan fingerprint density at radius 3 is 2.48 bits per heavy atom. The Bertz CT molecular complexity index is 458. The van der Waals surface area contributed by atoms with Gasteiger partial charge in [0.2, 0.25) is 15.9 Å². The molecule has 2 aliphatic rings. The number of carbonyl (C=O) groups is 1. The second-order valence-electron chi connectivity index (χ2n) is 6.48. The highest BCUT2D eigenvalue weighted by Crippen LogP contribution is 2.24. The minimum absolute atomic E-state index is 0.0792. The van der Waals surface area contributed by atoms with Crippen LogP contribution in [-0.4, -0.2) is 62.6 Å². The summed E-state index contributed by atoms with van der Waals surface area (Å²) in [5.74, 6) is 0.423. The highest BCUT2D eigenvalue weighted by atomic mass is 32.2. The van der Waals surface area contributed by atoms with E-state index in [4.69, 9.17) is 5.14 Å². The first kappa shape index (κ1) is 16.7. The van der Waals surface area contributed by atoms with Gasteiger partial charge in [-0.25, -0.2) is 13.6 Å². The molecule has 21 heavy (non-hydrogen) atoms. The Hall–Kier alpha value is -0.660. The van der Waals surface area contributed by atoms with Crippen LogP contribution in [0.5, 0.6) is 0 Å². The first-order chi connectivity index (χ1) is 9.87. The van der Waals surface area contributed by atoms with Crippen LogP contribution in [0.4, 0.5) is 0 Å². The summed E-state index contributed by atoms with van der Waals surface area (Å²) >= 11 is 0. The van der Waals surface area contributed by atoms with Crippen molar-refractivity contribution in [2.45, 2.75) is 32.6 Å². The van der Waals surface area contributed by atoms with Gasteiger partial charge in [-0.05, 0) is 44.8 Å². The van der Waals surface area contributed by atoms with E-state index in [1.807, 2.05) is 4.90 Å². The zero-order chi connectivity index (χ0) is 15.5. The van der Waals surface area contributed by atoms with Crippen LogP contribution in [0.25, 0.3) is 0 Å². The second-order valence-corrected chi connectivity index (χ2v) is 8.14. The largest absolute Gasteiger partial charge is 0.342 e. The number of amides is 1. The van der Waals surface area contributed by atoms with Crippen molar-refractivity contribution < 1.29 is 13.2 Å². The van der Waals surface area contributed by atoms with Crippen LogP contribution in [0.2, 0.25) is 0 Å². The van der Waals surface area contributed by atoms with E-state index in [1.165, 1.54) is 6.42 Å². The quantitative estimate of drug-likeness (QED) is 0.761. The number of rotatable bonds is 6. The van der Waals surface area contributed by atoms with Crippen molar-refractivity contribution in [1.82, 2.24) is 9.80 Å². The van der Waals surface area contributed by atoms with Gasteiger partial charge in [0.15, 0.2) is 0 Å². The van der Waals surface area contributed by atoms with Crippen molar-refractivity contribution in [2.24, 2.45) is 17.0 Å². The average molecular weight is 317 g/mol. The van der Waals surface area contributed by atoms with E-state index in [9.17, 15) is 13.2 Å². The van der Waals surface area contributed by atoms with E-state index >= 15 is 0 Å². The topological polar surface area (TPSA) is 83.7 Å². The molecular weight excluding hydrogens is 290 g/mol. The number of likely N-dealkylation sites (tertiary alicyclic amines) is 2. The van der Waals surface area contributed by atoms with Gasteiger partial charge in [-0.1, -0.05) is 6.92 Å². The molecule has 1 unspecified atom stereocenters. The van der Waals surface area contributed by atoms with Gasteiger partial charge in [0.05, 0.1) is 5.75 Å². The highest BCUT2D eigenvalue weighted by Gasteiger charge is 2.33. The van der Waals surface area contributed by atoms with Crippen LogP contribution in [0, 0.1) is 11.8 Å². The fourth-order valence-electron chi connectivity index (χ4n) is 3.49. The summed E-state index contributed by atoms with van der Waals surface area (Å²) in [5, 5.41) is 5.07. The van der Waals surface area contributed by atoms with Crippen LogP contribution < -0.4 is 5.14 Å². The average Bonchev–Trinajstić information content (AvgIpc) is 2.70. The van der Waals surface area contributed by atoms with Crippen LogP contribution >= 0.6 is 0 Å². The maximum absolute atomic E-state index is 12.0. The number of nitrogens with two attached hydrogens (primary N) is 1. The fraction of sp³-hybridized carbons (Fsp3) is 0.929. The van der Waals surface area contributed by atoms with E-state index < -0.39 is 10.0 Å². The van der Waals surface area contributed by atoms with E-state index in [2.05, 4.69) is 11.8 Å². The minimum Gasteiger partial charge on any atom is -0.342 e. The molecule has 0 aromatic carbocycles. The molecule has 2 saturated heterocycles. The SMILES string of the molecule is CCCN1CCC(CN2CC(CS(N)(=O)=O)CC2=O)CC1. The number of sulfonamides is 1. The predicted molar refractivity (Wildman–Crippen MR) is 82.1 cm³/mol. The Balaban J connectivity index is 1.78. The molecule has 2 fully saturated rings. The third-order valence-corrected chi connectivity index (χ3v) is 5.42. The Morgan fingerprint density at radius 1 is 1.24 bits per heavy atom. The van der Waals surface area contributed by atoms with Gasteiger partial charge in [-0.15, -0.1) is 0 Å². The lowest BCUT2D eigenvalue weighted by Gasteiger charge is -2.33. The van der Waals surface area contributed by atoms with Crippen molar-refractivity contribution in [3.8, 4) is 0 Å². The molecular formula is C14H27N3O3S. The molecule has 7 heteroatoms. The van der Waals surface area contributed by atoms with E-state index in [0.29, 0.717) is 18.9 Å². The van der Waals surface area contributed by atoms with Crippen LogP contribution in [-0.2, 0) is 14.8 Å². The van der Waals surface area contributed by atoms with Gasteiger partial charge in [-0.3, -0.25) is 4.79 Å². The summed E-state index contributed by atoms with van der Waals surface area (Å²) in [6.45, 7) is 6.90. The zero-order valence-electron chi connectivity index (χ0n) is 12.8. The Kier molecular flexibility index (Phi) is 5.62. The third-order valence-electron chi connectivity index (χ3n) is 4.49. The van der Waals surface area contributed by atoms with Crippen molar-refractivity contribution in [3.05, 3.63) is 0 Å². The molecule has 0 bridgehead atoms. The highest BCUT2D eigenvalue weighted by molar-refractivity contribution is 7.89. The molecule has 0 radical (unpaired) electrons. The zero-order valence-corrected chi connectivity index (χ0v) is 13.6. The van der Waals surface area contributed by atoms with E-state index in [-0.39, 0.29) is 17.6 Å². The maximum atomic E-state index is 12.0. The lowest BCUT2D eigenvalue weighted by Crippen LogP contribution is -2.39. The number of carbonyl (C=O) groups excluding carboxylic acids is 1. The lowest BCUT2D eigenvalue weighted by molar-refractivity contribution is -0.128. The fourth-order valence-corrected chi connectivity index (χ4v) is 4.37. The molecule has 1 atom stereocenters. The predicted octanol–water partition coefficient (Wildman–Crippen LogP) is 0.245. The number of hydrogen-bond donors (Lipinski definition) is 1. The molecule has 0 aromatic rings. The number of piperidine rings is 1. The van der Waals surface area contributed by atoms with E-state index in [0.717, 1.165) is 39.0 Å². The molecule has 0 aliphatic carbocycles. The molecule has 2 aliphatic heterocycles. The minimum atomic E-state index is -3.49. The summed E-state index contributed by atoms with van der Waals surface area (Å²) in [6, 6.07) is 0. The Morgan fingerprint density at radius 2 is 1.90 bits per heavy atom. The molecule has 1 amide bonds. The van der Waals surface area contributed by atoms with Crippen molar-refractivity contribution in [2.75, 3.05) is 38.5 Å². The molecule has 6 nitrogen and oxygen atoms in total. The first-order valence-corrected chi connectivity index (χ1v) is 9.59. The number of hydrogen-bond acceptors (Lipinski definition) is 4. The number of nitrogens with zero attached hydrogens (tertiary/aromatic N) is 2. The first-order valence-electron chi connectivity index (χ1n) is 7.88. The number of primary sulfonamides is 1.